The van der Waals surface area contributed by atoms with Crippen LogP contribution in [0.2, 0.25) is 0 Å². The molecule has 0 unspecified atom stereocenters. The number of para-hydroxylation sites is 1. The molecular weight excluding hydrogens is 212 g/mol. The van der Waals surface area contributed by atoms with Gasteiger partial charge < -0.3 is 5.32 Å². The Hall–Kier alpha value is -1.84. The summed E-state index contributed by atoms with van der Waals surface area (Å²) in [6.07, 6.45) is 0. The summed E-state index contributed by atoms with van der Waals surface area (Å²) in [5.41, 5.74) is 1.10. The summed E-state index contributed by atoms with van der Waals surface area (Å²) in [5.74, 6) is 2.22. The van der Waals surface area contributed by atoms with Crippen molar-refractivity contribution in [1.82, 2.24) is 14.8 Å². The highest BCUT2D eigenvalue weighted by Gasteiger charge is 2.09. The standard InChI is InChI=1S/C13H18N4/c1-10(2)13-15-12(17(3)16-13)9-14-11-7-5-4-6-8-11/h4-8,10,14H,9H2,1-3H3. The number of anilines is 1. The van der Waals surface area contributed by atoms with Gasteiger partial charge in [-0.3, -0.25) is 4.68 Å². The third kappa shape index (κ3) is 2.84. The smallest absolute Gasteiger partial charge is 0.153 e. The van der Waals surface area contributed by atoms with E-state index in [2.05, 4.69) is 29.2 Å². The molecule has 4 heteroatoms. The second-order valence-electron chi connectivity index (χ2n) is 4.38. The summed E-state index contributed by atoms with van der Waals surface area (Å²) in [6, 6.07) is 10.1. The maximum absolute atomic E-state index is 4.51. The number of rotatable bonds is 4. The van der Waals surface area contributed by atoms with Crippen LogP contribution < -0.4 is 5.32 Å². The Balaban J connectivity index is 2.04. The zero-order chi connectivity index (χ0) is 12.3. The molecule has 90 valence electrons. The van der Waals surface area contributed by atoms with Crippen LogP contribution in [0.15, 0.2) is 30.3 Å². The molecule has 1 heterocycles. The Bertz CT molecular complexity index is 473. The van der Waals surface area contributed by atoms with Gasteiger partial charge in [-0.05, 0) is 12.1 Å². The van der Waals surface area contributed by atoms with Crippen molar-refractivity contribution in [3.05, 3.63) is 42.0 Å². The second-order valence-corrected chi connectivity index (χ2v) is 4.38. The van der Waals surface area contributed by atoms with Gasteiger partial charge in [0, 0.05) is 18.7 Å². The molecule has 1 aromatic heterocycles. The fourth-order valence-electron chi connectivity index (χ4n) is 1.57. The second kappa shape index (κ2) is 4.99. The molecule has 1 aromatic carbocycles. The molecule has 0 radical (unpaired) electrons. The Labute approximate surface area is 102 Å². The molecule has 17 heavy (non-hydrogen) atoms. The topological polar surface area (TPSA) is 42.7 Å². The van der Waals surface area contributed by atoms with E-state index in [1.807, 2.05) is 42.1 Å². The molecule has 0 aliphatic heterocycles. The molecule has 4 nitrogen and oxygen atoms in total. The lowest BCUT2D eigenvalue weighted by molar-refractivity contribution is 0.687. The third-order valence-corrected chi connectivity index (χ3v) is 2.61. The Morgan fingerprint density at radius 3 is 2.53 bits per heavy atom. The third-order valence-electron chi connectivity index (χ3n) is 2.61. The van der Waals surface area contributed by atoms with E-state index in [0.717, 1.165) is 17.3 Å². The molecular formula is C13H18N4. The van der Waals surface area contributed by atoms with Crippen molar-refractivity contribution in [3.8, 4) is 0 Å². The average molecular weight is 230 g/mol. The monoisotopic (exact) mass is 230 g/mol. The zero-order valence-corrected chi connectivity index (χ0v) is 10.5. The van der Waals surface area contributed by atoms with E-state index in [9.17, 15) is 0 Å². The van der Waals surface area contributed by atoms with Crippen molar-refractivity contribution in [1.29, 1.82) is 0 Å². The first-order chi connectivity index (χ1) is 8.16. The number of hydrogen-bond acceptors (Lipinski definition) is 3. The van der Waals surface area contributed by atoms with Crippen LogP contribution in [0.4, 0.5) is 5.69 Å². The molecule has 0 saturated carbocycles. The number of aromatic nitrogens is 3. The SMILES string of the molecule is CC(C)c1nc(CNc2ccccc2)n(C)n1. The van der Waals surface area contributed by atoms with Crippen LogP contribution in [-0.4, -0.2) is 14.8 Å². The fourth-order valence-corrected chi connectivity index (χ4v) is 1.57. The molecule has 1 N–H and O–H groups in total. The number of nitrogens with zero attached hydrogens (tertiary/aromatic N) is 3. The highest BCUT2D eigenvalue weighted by molar-refractivity contribution is 5.42. The number of nitrogens with one attached hydrogen (secondary N) is 1. The lowest BCUT2D eigenvalue weighted by Gasteiger charge is -2.04. The summed E-state index contributed by atoms with van der Waals surface area (Å²) >= 11 is 0. The molecule has 0 bridgehead atoms. The lowest BCUT2D eigenvalue weighted by Crippen LogP contribution is -2.06. The minimum atomic E-state index is 0.367. The Morgan fingerprint density at radius 2 is 1.94 bits per heavy atom. The molecule has 0 fully saturated rings. The van der Waals surface area contributed by atoms with E-state index in [1.165, 1.54) is 0 Å². The van der Waals surface area contributed by atoms with Crippen molar-refractivity contribution in [2.75, 3.05) is 5.32 Å². The quantitative estimate of drug-likeness (QED) is 0.877. The molecule has 0 saturated heterocycles. The first-order valence-corrected chi connectivity index (χ1v) is 5.85. The van der Waals surface area contributed by atoms with Gasteiger partial charge in [0.2, 0.25) is 0 Å². The van der Waals surface area contributed by atoms with Gasteiger partial charge in [-0.25, -0.2) is 4.98 Å². The zero-order valence-electron chi connectivity index (χ0n) is 10.5. The van der Waals surface area contributed by atoms with Crippen LogP contribution in [0.3, 0.4) is 0 Å². The van der Waals surface area contributed by atoms with Crippen LogP contribution in [0.5, 0.6) is 0 Å². The largest absolute Gasteiger partial charge is 0.378 e. The van der Waals surface area contributed by atoms with Crippen molar-refractivity contribution in [2.45, 2.75) is 26.3 Å². The highest BCUT2D eigenvalue weighted by Crippen LogP contribution is 2.11. The Kier molecular flexibility index (Phi) is 3.42. The fraction of sp³-hybridized carbons (Fsp3) is 0.385. The van der Waals surface area contributed by atoms with E-state index in [1.54, 1.807) is 0 Å². The normalized spacial score (nSPS) is 10.8. The molecule has 0 spiro atoms. The van der Waals surface area contributed by atoms with Gasteiger partial charge in [0.15, 0.2) is 5.82 Å². The minimum absolute atomic E-state index is 0.367. The van der Waals surface area contributed by atoms with Gasteiger partial charge in [-0.15, -0.1) is 0 Å². The maximum atomic E-state index is 4.51. The summed E-state index contributed by atoms with van der Waals surface area (Å²) in [5, 5.41) is 7.72. The number of hydrogen-bond donors (Lipinski definition) is 1. The minimum Gasteiger partial charge on any atom is -0.378 e. The van der Waals surface area contributed by atoms with Crippen LogP contribution in [0.1, 0.15) is 31.4 Å². The molecule has 0 atom stereocenters. The Morgan fingerprint density at radius 1 is 1.24 bits per heavy atom. The van der Waals surface area contributed by atoms with E-state index >= 15 is 0 Å². The average Bonchev–Trinajstić information content (AvgIpc) is 2.70. The summed E-state index contributed by atoms with van der Waals surface area (Å²) in [4.78, 5) is 4.51. The van der Waals surface area contributed by atoms with Gasteiger partial charge in [-0.2, -0.15) is 5.10 Å². The first kappa shape index (κ1) is 11.6. The predicted molar refractivity (Wildman–Crippen MR) is 68.9 cm³/mol. The maximum Gasteiger partial charge on any atom is 0.153 e. The first-order valence-electron chi connectivity index (χ1n) is 5.85. The molecule has 2 rings (SSSR count). The molecule has 0 amide bonds. The van der Waals surface area contributed by atoms with Gasteiger partial charge >= 0.3 is 0 Å². The van der Waals surface area contributed by atoms with E-state index in [-0.39, 0.29) is 0 Å². The molecule has 2 aromatic rings. The predicted octanol–water partition coefficient (Wildman–Crippen LogP) is 2.55. The van der Waals surface area contributed by atoms with Crippen molar-refractivity contribution >= 4 is 5.69 Å². The van der Waals surface area contributed by atoms with Crippen LogP contribution >= 0.6 is 0 Å². The summed E-state index contributed by atoms with van der Waals surface area (Å²) in [6.45, 7) is 4.90. The van der Waals surface area contributed by atoms with Crippen LogP contribution in [0.25, 0.3) is 0 Å². The number of aryl methyl sites for hydroxylation is 1. The summed E-state index contributed by atoms with van der Waals surface area (Å²) < 4.78 is 1.84. The van der Waals surface area contributed by atoms with Gasteiger partial charge in [0.25, 0.3) is 0 Å². The van der Waals surface area contributed by atoms with Gasteiger partial charge in [-0.1, -0.05) is 32.0 Å². The molecule has 0 aliphatic rings. The highest BCUT2D eigenvalue weighted by atomic mass is 15.3. The lowest BCUT2D eigenvalue weighted by atomic mass is 10.2. The van der Waals surface area contributed by atoms with Crippen LogP contribution in [-0.2, 0) is 13.6 Å². The van der Waals surface area contributed by atoms with Gasteiger partial charge in [0.1, 0.15) is 5.82 Å². The van der Waals surface area contributed by atoms with Crippen molar-refractivity contribution in [2.24, 2.45) is 7.05 Å². The molecule has 0 aliphatic carbocycles. The van der Waals surface area contributed by atoms with Crippen molar-refractivity contribution in [3.63, 3.8) is 0 Å². The van der Waals surface area contributed by atoms with Crippen molar-refractivity contribution < 1.29 is 0 Å². The van der Waals surface area contributed by atoms with E-state index in [0.29, 0.717) is 12.5 Å². The summed E-state index contributed by atoms with van der Waals surface area (Å²) in [7, 11) is 1.93. The van der Waals surface area contributed by atoms with Gasteiger partial charge in [0.05, 0.1) is 6.54 Å². The number of benzene rings is 1. The van der Waals surface area contributed by atoms with E-state index in [4.69, 9.17) is 0 Å². The van der Waals surface area contributed by atoms with Crippen LogP contribution in [0, 0.1) is 0 Å². The van der Waals surface area contributed by atoms with E-state index < -0.39 is 0 Å².